The van der Waals surface area contributed by atoms with Crippen molar-refractivity contribution in [1.82, 2.24) is 4.98 Å². The third kappa shape index (κ3) is 3.80. The minimum Gasteiger partial charge on any atom is -0.497 e. The lowest BCUT2D eigenvalue weighted by atomic mass is 10.1. The minimum absolute atomic E-state index is 0.0162. The fourth-order valence-corrected chi connectivity index (χ4v) is 3.19. The molecule has 30 heavy (non-hydrogen) atoms. The Bertz CT molecular complexity index is 1220. The first-order chi connectivity index (χ1) is 14.6. The van der Waals surface area contributed by atoms with Gasteiger partial charge in [-0.15, -0.1) is 0 Å². The molecule has 0 saturated carbocycles. The van der Waals surface area contributed by atoms with E-state index in [0.717, 1.165) is 22.4 Å². The number of rotatable bonds is 5. The van der Waals surface area contributed by atoms with Gasteiger partial charge in [-0.2, -0.15) is 0 Å². The van der Waals surface area contributed by atoms with Gasteiger partial charge in [-0.25, -0.2) is 9.37 Å². The van der Waals surface area contributed by atoms with Crippen LogP contribution in [0.3, 0.4) is 0 Å². The molecule has 0 saturated heterocycles. The zero-order valence-electron chi connectivity index (χ0n) is 16.5. The summed E-state index contributed by atoms with van der Waals surface area (Å²) in [5.74, 6) is 0.294. The monoisotopic (exact) mass is 402 g/mol. The number of fused-ring (bicyclic) bond motifs is 1. The van der Waals surface area contributed by atoms with E-state index in [0.29, 0.717) is 17.0 Å². The molecule has 0 aliphatic heterocycles. The third-order valence-corrected chi connectivity index (χ3v) is 4.75. The van der Waals surface area contributed by atoms with Crippen LogP contribution in [-0.4, -0.2) is 25.1 Å². The van der Waals surface area contributed by atoms with Crippen molar-refractivity contribution in [3.05, 3.63) is 84.2 Å². The molecule has 5 nitrogen and oxygen atoms in total. The first-order valence-electron chi connectivity index (χ1n) is 9.28. The van der Waals surface area contributed by atoms with Gasteiger partial charge in [-0.3, -0.25) is 4.79 Å². The highest BCUT2D eigenvalue weighted by molar-refractivity contribution is 6.05. The quantitative estimate of drug-likeness (QED) is 0.491. The lowest BCUT2D eigenvalue weighted by Gasteiger charge is -2.12. The Hall–Kier alpha value is -3.93. The van der Waals surface area contributed by atoms with Crippen LogP contribution in [0.25, 0.3) is 22.2 Å². The standard InChI is InChI=1S/C24H19FN2O3/c1-29-17-10-7-15(8-11-17)22-14-23(30-2)19-13-16(9-12-21(19)27-22)26-24(28)18-5-3-4-6-20(18)25/h3-14H,1-2H3,(H,26,28). The second kappa shape index (κ2) is 8.21. The number of hydrogen-bond donors (Lipinski definition) is 1. The Kier molecular flexibility index (Phi) is 5.30. The van der Waals surface area contributed by atoms with Gasteiger partial charge < -0.3 is 14.8 Å². The summed E-state index contributed by atoms with van der Waals surface area (Å²) >= 11 is 0. The maximum atomic E-state index is 13.9. The smallest absolute Gasteiger partial charge is 0.258 e. The van der Waals surface area contributed by atoms with E-state index < -0.39 is 11.7 Å². The van der Waals surface area contributed by atoms with Crippen molar-refractivity contribution in [2.75, 3.05) is 19.5 Å². The predicted molar refractivity (Wildman–Crippen MR) is 115 cm³/mol. The van der Waals surface area contributed by atoms with Crippen LogP contribution in [0, 0.1) is 5.82 Å². The molecule has 0 bridgehead atoms. The molecule has 0 aliphatic rings. The molecule has 1 aromatic heterocycles. The largest absolute Gasteiger partial charge is 0.497 e. The zero-order valence-corrected chi connectivity index (χ0v) is 16.5. The molecule has 0 unspecified atom stereocenters. The molecule has 0 radical (unpaired) electrons. The molecule has 0 spiro atoms. The van der Waals surface area contributed by atoms with E-state index in [2.05, 4.69) is 5.32 Å². The number of hydrogen-bond acceptors (Lipinski definition) is 4. The highest BCUT2D eigenvalue weighted by atomic mass is 19.1. The zero-order chi connectivity index (χ0) is 21.1. The summed E-state index contributed by atoms with van der Waals surface area (Å²) in [6.45, 7) is 0. The van der Waals surface area contributed by atoms with Gasteiger partial charge in [0.15, 0.2) is 0 Å². The van der Waals surface area contributed by atoms with Gasteiger partial charge in [0.1, 0.15) is 17.3 Å². The second-order valence-corrected chi connectivity index (χ2v) is 6.60. The van der Waals surface area contributed by atoms with Gasteiger partial charge in [0.2, 0.25) is 0 Å². The third-order valence-electron chi connectivity index (χ3n) is 4.75. The number of pyridine rings is 1. The van der Waals surface area contributed by atoms with Crippen molar-refractivity contribution in [3.8, 4) is 22.8 Å². The number of halogens is 1. The summed E-state index contributed by atoms with van der Waals surface area (Å²) in [7, 11) is 3.20. The van der Waals surface area contributed by atoms with Crippen molar-refractivity contribution in [2.24, 2.45) is 0 Å². The molecular weight excluding hydrogens is 383 g/mol. The number of amides is 1. The Morgan fingerprint density at radius 1 is 0.933 bits per heavy atom. The van der Waals surface area contributed by atoms with Crippen LogP contribution >= 0.6 is 0 Å². The number of carbonyl (C=O) groups is 1. The predicted octanol–water partition coefficient (Wildman–Crippen LogP) is 5.31. The molecule has 4 rings (SSSR count). The molecule has 1 heterocycles. The maximum Gasteiger partial charge on any atom is 0.258 e. The average Bonchev–Trinajstić information content (AvgIpc) is 2.78. The maximum absolute atomic E-state index is 13.9. The summed E-state index contributed by atoms with van der Waals surface area (Å²) in [6, 6.07) is 20.6. The van der Waals surface area contributed by atoms with Crippen molar-refractivity contribution >= 4 is 22.5 Å². The van der Waals surface area contributed by atoms with Gasteiger partial charge in [0.05, 0.1) is 31.0 Å². The van der Waals surface area contributed by atoms with E-state index in [1.54, 1.807) is 44.6 Å². The first-order valence-corrected chi connectivity index (χ1v) is 9.28. The highest BCUT2D eigenvalue weighted by Crippen LogP contribution is 2.32. The van der Waals surface area contributed by atoms with Crippen LogP contribution in [-0.2, 0) is 0 Å². The Balaban J connectivity index is 1.69. The lowest BCUT2D eigenvalue weighted by Crippen LogP contribution is -2.13. The van der Waals surface area contributed by atoms with Crippen LogP contribution < -0.4 is 14.8 Å². The number of methoxy groups -OCH3 is 2. The lowest BCUT2D eigenvalue weighted by molar-refractivity contribution is 0.102. The number of nitrogens with one attached hydrogen (secondary N) is 1. The SMILES string of the molecule is COc1ccc(-c2cc(OC)c3cc(NC(=O)c4ccccc4F)ccc3n2)cc1. The molecule has 4 aromatic rings. The van der Waals surface area contributed by atoms with Gasteiger partial charge in [-0.05, 0) is 54.6 Å². The summed E-state index contributed by atoms with van der Waals surface area (Å²) < 4.78 is 24.6. The van der Waals surface area contributed by atoms with Gasteiger partial charge in [0.25, 0.3) is 5.91 Å². The summed E-state index contributed by atoms with van der Waals surface area (Å²) in [5, 5.41) is 3.46. The number of anilines is 1. The first kappa shape index (κ1) is 19.4. The molecule has 0 atom stereocenters. The molecule has 1 N–H and O–H groups in total. The van der Waals surface area contributed by atoms with Crippen LogP contribution in [0.2, 0.25) is 0 Å². The van der Waals surface area contributed by atoms with E-state index >= 15 is 0 Å². The molecule has 0 fully saturated rings. The van der Waals surface area contributed by atoms with Crippen molar-refractivity contribution in [1.29, 1.82) is 0 Å². The van der Waals surface area contributed by atoms with Crippen molar-refractivity contribution < 1.29 is 18.7 Å². The summed E-state index contributed by atoms with van der Waals surface area (Å²) in [6.07, 6.45) is 0. The fourth-order valence-electron chi connectivity index (χ4n) is 3.19. The number of carbonyl (C=O) groups excluding carboxylic acids is 1. The van der Waals surface area contributed by atoms with Crippen molar-refractivity contribution in [2.45, 2.75) is 0 Å². The number of aromatic nitrogens is 1. The van der Waals surface area contributed by atoms with E-state index in [1.807, 2.05) is 30.3 Å². The number of nitrogens with zero attached hydrogens (tertiary/aromatic N) is 1. The van der Waals surface area contributed by atoms with Gasteiger partial charge >= 0.3 is 0 Å². The Morgan fingerprint density at radius 2 is 1.70 bits per heavy atom. The normalized spacial score (nSPS) is 10.6. The van der Waals surface area contributed by atoms with Crippen molar-refractivity contribution in [3.63, 3.8) is 0 Å². The van der Waals surface area contributed by atoms with E-state index in [1.165, 1.54) is 12.1 Å². The Labute approximate surface area is 173 Å². The van der Waals surface area contributed by atoms with Crippen LogP contribution in [0.15, 0.2) is 72.8 Å². The van der Waals surface area contributed by atoms with E-state index in [9.17, 15) is 9.18 Å². The Morgan fingerprint density at radius 3 is 2.40 bits per heavy atom. The van der Waals surface area contributed by atoms with E-state index in [4.69, 9.17) is 14.5 Å². The van der Waals surface area contributed by atoms with Gasteiger partial charge in [-0.1, -0.05) is 12.1 Å². The van der Waals surface area contributed by atoms with Gasteiger partial charge in [0, 0.05) is 22.7 Å². The molecular formula is C24H19FN2O3. The molecule has 3 aromatic carbocycles. The molecule has 0 aliphatic carbocycles. The van der Waals surface area contributed by atoms with Crippen LogP contribution in [0.1, 0.15) is 10.4 Å². The molecule has 150 valence electrons. The minimum atomic E-state index is -0.570. The van der Waals surface area contributed by atoms with E-state index in [-0.39, 0.29) is 5.56 Å². The second-order valence-electron chi connectivity index (χ2n) is 6.60. The molecule has 6 heteroatoms. The number of benzene rings is 3. The molecule has 1 amide bonds. The number of ether oxygens (including phenoxy) is 2. The fraction of sp³-hybridized carbons (Fsp3) is 0.0833. The van der Waals surface area contributed by atoms with Crippen LogP contribution in [0.4, 0.5) is 10.1 Å². The summed E-state index contributed by atoms with van der Waals surface area (Å²) in [5.41, 5.74) is 2.90. The summed E-state index contributed by atoms with van der Waals surface area (Å²) in [4.78, 5) is 17.1. The van der Waals surface area contributed by atoms with Crippen LogP contribution in [0.5, 0.6) is 11.5 Å². The topological polar surface area (TPSA) is 60.5 Å². The highest BCUT2D eigenvalue weighted by Gasteiger charge is 2.13. The average molecular weight is 402 g/mol.